The molecule has 0 radical (unpaired) electrons. The van der Waals surface area contributed by atoms with Gasteiger partial charge in [-0.3, -0.25) is 0 Å². The Morgan fingerprint density at radius 3 is 1.48 bits per heavy atom. The fourth-order valence-electron chi connectivity index (χ4n) is 1.85. The van der Waals surface area contributed by atoms with E-state index < -0.39 is 0 Å². The number of nitrogens with one attached hydrogen (secondary N) is 4. The molecule has 2 heterocycles. The lowest BCUT2D eigenvalue weighted by Gasteiger charge is -2.12. The Labute approximate surface area is 141 Å². The lowest BCUT2D eigenvalue weighted by Crippen LogP contribution is -2.10. The molecular weight excluding hydrogens is 316 g/mol. The molecular formula is C14H21ClN8. The Morgan fingerprint density at radius 2 is 1.17 bits per heavy atom. The second-order valence-electron chi connectivity index (χ2n) is 4.33. The molecule has 0 aliphatic carbocycles. The summed E-state index contributed by atoms with van der Waals surface area (Å²) in [7, 11) is 3.58. The summed E-state index contributed by atoms with van der Waals surface area (Å²) < 4.78 is 0. The number of fused-ring (bicyclic) bond motifs is 1. The molecule has 0 unspecified atom stereocenters. The highest BCUT2D eigenvalue weighted by Crippen LogP contribution is 2.26. The zero-order valence-electron chi connectivity index (χ0n) is 13.2. The maximum absolute atomic E-state index is 4.47. The first-order valence-electron chi connectivity index (χ1n) is 6.88. The van der Waals surface area contributed by atoms with Crippen molar-refractivity contribution in [2.45, 2.75) is 0 Å². The van der Waals surface area contributed by atoms with Crippen molar-refractivity contribution >= 4 is 47.0 Å². The van der Waals surface area contributed by atoms with Crippen molar-refractivity contribution in [1.82, 2.24) is 19.9 Å². The maximum Gasteiger partial charge on any atom is 0.225 e. The van der Waals surface area contributed by atoms with E-state index in [1.54, 1.807) is 26.2 Å². The predicted octanol–water partition coefficient (Wildman–Crippen LogP) is 2.12. The molecule has 4 N–H and O–H groups in total. The van der Waals surface area contributed by atoms with E-state index >= 15 is 0 Å². The van der Waals surface area contributed by atoms with Crippen molar-refractivity contribution in [3.8, 4) is 0 Å². The quantitative estimate of drug-likeness (QED) is 0.544. The van der Waals surface area contributed by atoms with Crippen molar-refractivity contribution in [3.63, 3.8) is 0 Å². The van der Waals surface area contributed by atoms with E-state index in [2.05, 4.69) is 54.4 Å². The zero-order valence-corrected chi connectivity index (χ0v) is 14.0. The molecule has 0 saturated heterocycles. The lowest BCUT2D eigenvalue weighted by atomic mass is 10.3. The Hall–Kier alpha value is -2.61. The number of aromatic nitrogens is 4. The average Bonchev–Trinajstić information content (AvgIpc) is 2.56. The van der Waals surface area contributed by atoms with Gasteiger partial charge in [0.25, 0.3) is 0 Å². The largest absolute Gasteiger partial charge is 0.371 e. The smallest absolute Gasteiger partial charge is 0.225 e. The molecule has 2 aromatic rings. The summed E-state index contributed by atoms with van der Waals surface area (Å²) in [5, 5.41) is 12.2. The molecule has 0 aliphatic heterocycles. The molecule has 124 valence electrons. The van der Waals surface area contributed by atoms with Gasteiger partial charge in [-0.2, -0.15) is 9.97 Å². The van der Waals surface area contributed by atoms with Crippen LogP contribution in [0.4, 0.5) is 23.5 Å². The van der Waals surface area contributed by atoms with Gasteiger partial charge in [0, 0.05) is 27.2 Å². The molecule has 0 bridgehead atoms. The molecule has 2 aromatic heterocycles. The Bertz CT molecular complexity index is 629. The van der Waals surface area contributed by atoms with Gasteiger partial charge in [-0.1, -0.05) is 12.2 Å². The summed E-state index contributed by atoms with van der Waals surface area (Å²) in [6, 6.07) is 0. The second kappa shape index (κ2) is 8.74. The van der Waals surface area contributed by atoms with Crippen LogP contribution in [0.2, 0.25) is 0 Å². The van der Waals surface area contributed by atoms with Gasteiger partial charge in [0.15, 0.2) is 11.6 Å². The van der Waals surface area contributed by atoms with Crippen LogP contribution in [0.15, 0.2) is 25.3 Å². The fourth-order valence-corrected chi connectivity index (χ4v) is 1.85. The summed E-state index contributed by atoms with van der Waals surface area (Å²) >= 11 is 0. The molecule has 23 heavy (non-hydrogen) atoms. The van der Waals surface area contributed by atoms with Crippen LogP contribution in [-0.4, -0.2) is 47.1 Å². The first-order valence-corrected chi connectivity index (χ1v) is 6.88. The van der Waals surface area contributed by atoms with E-state index in [-0.39, 0.29) is 12.4 Å². The molecule has 0 spiro atoms. The van der Waals surface area contributed by atoms with E-state index in [1.807, 2.05) is 0 Å². The molecule has 0 amide bonds. The average molecular weight is 337 g/mol. The molecule has 0 fully saturated rings. The van der Waals surface area contributed by atoms with E-state index in [0.717, 1.165) is 0 Å². The van der Waals surface area contributed by atoms with Crippen LogP contribution in [0.3, 0.4) is 0 Å². The van der Waals surface area contributed by atoms with E-state index in [0.29, 0.717) is 47.7 Å². The van der Waals surface area contributed by atoms with Crippen LogP contribution in [0, 0.1) is 0 Å². The first kappa shape index (κ1) is 18.4. The summed E-state index contributed by atoms with van der Waals surface area (Å²) in [6.07, 6.45) is 3.48. The van der Waals surface area contributed by atoms with Gasteiger partial charge in [-0.25, -0.2) is 9.97 Å². The highest BCUT2D eigenvalue weighted by Gasteiger charge is 2.14. The monoisotopic (exact) mass is 336 g/mol. The Balaban J connectivity index is 0.00000264. The number of hydrogen-bond donors (Lipinski definition) is 4. The highest BCUT2D eigenvalue weighted by atomic mass is 35.5. The van der Waals surface area contributed by atoms with Crippen LogP contribution in [0.1, 0.15) is 0 Å². The number of nitrogens with zero attached hydrogens (tertiary/aromatic N) is 4. The van der Waals surface area contributed by atoms with Gasteiger partial charge >= 0.3 is 0 Å². The third-order valence-electron chi connectivity index (χ3n) is 2.83. The lowest BCUT2D eigenvalue weighted by molar-refractivity contribution is 1.10. The Kier molecular flexibility index (Phi) is 7.01. The molecule has 9 heteroatoms. The fraction of sp³-hybridized carbons (Fsp3) is 0.286. The topological polar surface area (TPSA) is 99.7 Å². The molecule has 0 aliphatic rings. The van der Waals surface area contributed by atoms with Crippen molar-refractivity contribution in [3.05, 3.63) is 25.3 Å². The number of halogens is 1. The summed E-state index contributed by atoms with van der Waals surface area (Å²) in [5.41, 5.74) is 1.27. The van der Waals surface area contributed by atoms with Gasteiger partial charge in [0.1, 0.15) is 11.0 Å². The Morgan fingerprint density at radius 1 is 0.783 bits per heavy atom. The van der Waals surface area contributed by atoms with Crippen molar-refractivity contribution in [2.75, 3.05) is 48.5 Å². The van der Waals surface area contributed by atoms with Gasteiger partial charge < -0.3 is 21.3 Å². The first-order chi connectivity index (χ1) is 10.7. The third kappa shape index (κ3) is 4.19. The minimum absolute atomic E-state index is 0. The minimum Gasteiger partial charge on any atom is -0.371 e. The van der Waals surface area contributed by atoms with Crippen LogP contribution in [0.25, 0.3) is 11.0 Å². The van der Waals surface area contributed by atoms with Crippen LogP contribution < -0.4 is 21.3 Å². The molecule has 0 aromatic carbocycles. The van der Waals surface area contributed by atoms with Gasteiger partial charge in [-0.15, -0.1) is 25.6 Å². The van der Waals surface area contributed by atoms with Crippen molar-refractivity contribution < 1.29 is 0 Å². The van der Waals surface area contributed by atoms with Crippen molar-refractivity contribution in [1.29, 1.82) is 0 Å². The predicted molar refractivity (Wildman–Crippen MR) is 98.8 cm³/mol. The van der Waals surface area contributed by atoms with E-state index in [1.165, 1.54) is 0 Å². The maximum atomic E-state index is 4.47. The molecule has 2 rings (SSSR count). The van der Waals surface area contributed by atoms with E-state index in [9.17, 15) is 0 Å². The SMILES string of the molecule is C=CCNc1nc(NC)c2nc(NCC=C)nc(NC)c2n1.Cl. The van der Waals surface area contributed by atoms with Gasteiger partial charge in [0.05, 0.1) is 0 Å². The van der Waals surface area contributed by atoms with E-state index in [4.69, 9.17) is 0 Å². The summed E-state index contributed by atoms with van der Waals surface area (Å²) in [6.45, 7) is 8.48. The van der Waals surface area contributed by atoms with Gasteiger partial charge in [0.2, 0.25) is 11.9 Å². The molecule has 0 saturated carbocycles. The second-order valence-corrected chi connectivity index (χ2v) is 4.33. The highest BCUT2D eigenvalue weighted by molar-refractivity contribution is 5.94. The molecule has 0 atom stereocenters. The van der Waals surface area contributed by atoms with Crippen LogP contribution in [0.5, 0.6) is 0 Å². The third-order valence-corrected chi connectivity index (χ3v) is 2.83. The van der Waals surface area contributed by atoms with Gasteiger partial charge in [-0.05, 0) is 0 Å². The summed E-state index contributed by atoms with van der Waals surface area (Å²) in [4.78, 5) is 17.7. The molecule has 8 nitrogen and oxygen atoms in total. The number of anilines is 4. The standard InChI is InChI=1S/C14H20N8.ClH/c1-5-7-17-13-19-9-10(11(15-3)21-13)20-14(18-8-6-2)22-12(9)16-4;/h5-6H,1-2,7-8H2,3-4H3,(H2,15,17,19,21)(H2,16,18,20,22);1H. The minimum atomic E-state index is 0. The van der Waals surface area contributed by atoms with Crippen molar-refractivity contribution in [2.24, 2.45) is 0 Å². The van der Waals surface area contributed by atoms with Crippen LogP contribution in [-0.2, 0) is 0 Å². The normalized spacial score (nSPS) is 9.65. The summed E-state index contributed by atoms with van der Waals surface area (Å²) in [5.74, 6) is 2.22. The zero-order chi connectivity index (χ0) is 15.9. The number of rotatable bonds is 8. The number of hydrogen-bond acceptors (Lipinski definition) is 8. The van der Waals surface area contributed by atoms with Crippen LogP contribution >= 0.6 is 12.4 Å².